The molecule has 2 aromatic rings. The number of hydrogen-bond donors (Lipinski definition) is 0. The molecule has 2 unspecified atom stereocenters. The Labute approximate surface area is 147 Å². The molecule has 4 heterocycles. The molecule has 2 atom stereocenters. The van der Waals surface area contributed by atoms with Crippen molar-refractivity contribution in [1.29, 1.82) is 0 Å². The minimum atomic E-state index is -0.0156. The van der Waals surface area contributed by atoms with Crippen LogP contribution in [-0.4, -0.2) is 56.9 Å². The highest BCUT2D eigenvalue weighted by molar-refractivity contribution is 5.92. The molecule has 2 saturated heterocycles. The number of carbonyl (C=O) groups excluding carboxylic acids is 1. The van der Waals surface area contributed by atoms with E-state index in [9.17, 15) is 4.79 Å². The molecule has 2 fully saturated rings. The number of likely N-dealkylation sites (tertiary alicyclic amines) is 1. The zero-order valence-corrected chi connectivity index (χ0v) is 14.5. The minimum absolute atomic E-state index is 0.0156. The number of nitrogens with zero attached hydrogens (tertiary/aromatic N) is 6. The Bertz CT molecular complexity index is 751. The minimum Gasteiger partial charge on any atom is -0.356 e. The van der Waals surface area contributed by atoms with Crippen LogP contribution in [0.1, 0.15) is 35.9 Å². The Morgan fingerprint density at radius 1 is 1.08 bits per heavy atom. The van der Waals surface area contributed by atoms with Crippen molar-refractivity contribution in [3.63, 3.8) is 0 Å². The molecule has 0 bridgehead atoms. The van der Waals surface area contributed by atoms with E-state index in [2.05, 4.69) is 44.7 Å². The Hall–Kier alpha value is -2.57. The summed E-state index contributed by atoms with van der Waals surface area (Å²) in [5, 5.41) is 0. The maximum atomic E-state index is 12.5. The van der Waals surface area contributed by atoms with Crippen LogP contribution < -0.4 is 4.90 Å². The number of fused-ring (bicyclic) bond motifs is 1. The molecule has 0 aliphatic carbocycles. The summed E-state index contributed by atoms with van der Waals surface area (Å²) in [6, 6.07) is 2.09. The van der Waals surface area contributed by atoms with Gasteiger partial charge in [0.1, 0.15) is 17.8 Å². The fourth-order valence-corrected chi connectivity index (χ4v) is 3.77. The Morgan fingerprint density at radius 3 is 2.48 bits per heavy atom. The zero-order chi connectivity index (χ0) is 17.4. The van der Waals surface area contributed by atoms with Gasteiger partial charge in [0.05, 0.1) is 6.20 Å². The monoisotopic (exact) mass is 338 g/mol. The van der Waals surface area contributed by atoms with Gasteiger partial charge in [-0.3, -0.25) is 9.78 Å². The lowest BCUT2D eigenvalue weighted by atomic mass is 10.0. The van der Waals surface area contributed by atoms with Gasteiger partial charge in [0.25, 0.3) is 5.91 Å². The SMILES string of the molecule is CC(C)c1cc(N2CC3CN(C(=O)c4cnccn4)CC3C2)ncn1. The van der Waals surface area contributed by atoms with Crippen LogP contribution in [0.25, 0.3) is 0 Å². The van der Waals surface area contributed by atoms with Crippen molar-refractivity contribution in [3.05, 3.63) is 42.4 Å². The summed E-state index contributed by atoms with van der Waals surface area (Å²) in [4.78, 5) is 33.7. The topological polar surface area (TPSA) is 75.1 Å². The van der Waals surface area contributed by atoms with E-state index in [1.165, 1.54) is 6.20 Å². The van der Waals surface area contributed by atoms with Gasteiger partial charge in [0.15, 0.2) is 0 Å². The smallest absolute Gasteiger partial charge is 0.274 e. The zero-order valence-electron chi connectivity index (χ0n) is 14.5. The summed E-state index contributed by atoms with van der Waals surface area (Å²) in [5.74, 6) is 2.35. The van der Waals surface area contributed by atoms with E-state index in [0.29, 0.717) is 23.4 Å². The summed E-state index contributed by atoms with van der Waals surface area (Å²) in [6.45, 7) is 7.70. The number of aromatic nitrogens is 4. The van der Waals surface area contributed by atoms with E-state index in [1.807, 2.05) is 4.90 Å². The van der Waals surface area contributed by atoms with Gasteiger partial charge in [-0.15, -0.1) is 0 Å². The Kier molecular flexibility index (Phi) is 4.07. The number of carbonyl (C=O) groups is 1. The molecular weight excluding hydrogens is 316 g/mol. The van der Waals surface area contributed by atoms with Crippen LogP contribution >= 0.6 is 0 Å². The molecule has 0 saturated carbocycles. The highest BCUT2D eigenvalue weighted by atomic mass is 16.2. The lowest BCUT2D eigenvalue weighted by Gasteiger charge is -2.22. The molecule has 0 spiro atoms. The number of hydrogen-bond acceptors (Lipinski definition) is 6. The molecule has 1 amide bonds. The molecular formula is C18H22N6O. The second-order valence-electron chi connectivity index (χ2n) is 7.18. The predicted octanol–water partition coefficient (Wildman–Crippen LogP) is 1.60. The van der Waals surface area contributed by atoms with E-state index in [1.54, 1.807) is 18.7 Å². The lowest BCUT2D eigenvalue weighted by Crippen LogP contribution is -2.34. The van der Waals surface area contributed by atoms with Gasteiger partial charge in [0.2, 0.25) is 0 Å². The molecule has 25 heavy (non-hydrogen) atoms. The Morgan fingerprint density at radius 2 is 1.84 bits per heavy atom. The second kappa shape index (κ2) is 6.38. The van der Waals surface area contributed by atoms with E-state index in [4.69, 9.17) is 0 Å². The van der Waals surface area contributed by atoms with Crippen LogP contribution in [0.2, 0.25) is 0 Å². The van der Waals surface area contributed by atoms with Gasteiger partial charge in [-0.2, -0.15) is 0 Å². The van der Waals surface area contributed by atoms with Crippen LogP contribution in [0.3, 0.4) is 0 Å². The van der Waals surface area contributed by atoms with Crippen molar-refractivity contribution in [2.45, 2.75) is 19.8 Å². The van der Waals surface area contributed by atoms with Gasteiger partial charge in [-0.1, -0.05) is 13.8 Å². The number of amides is 1. The molecule has 0 N–H and O–H groups in total. The third-order valence-corrected chi connectivity index (χ3v) is 5.15. The quantitative estimate of drug-likeness (QED) is 0.846. The fraction of sp³-hybridized carbons (Fsp3) is 0.500. The molecule has 7 nitrogen and oxygen atoms in total. The maximum absolute atomic E-state index is 12.5. The van der Waals surface area contributed by atoms with Crippen LogP contribution in [-0.2, 0) is 0 Å². The summed E-state index contributed by atoms with van der Waals surface area (Å²) < 4.78 is 0. The first kappa shape index (κ1) is 15.9. The molecule has 130 valence electrons. The molecule has 4 rings (SSSR count). The third kappa shape index (κ3) is 3.06. The number of rotatable bonds is 3. The highest BCUT2D eigenvalue weighted by Gasteiger charge is 2.42. The van der Waals surface area contributed by atoms with Crippen molar-refractivity contribution in [3.8, 4) is 0 Å². The molecule has 2 aromatic heterocycles. The standard InChI is InChI=1S/C18H22N6O/c1-12(2)15-5-17(22-11-21-15)23-7-13-9-24(10-14(13)8-23)18(25)16-6-19-3-4-20-16/h3-6,11-14H,7-10H2,1-2H3. The van der Waals surface area contributed by atoms with Crippen LogP contribution in [0, 0.1) is 11.8 Å². The van der Waals surface area contributed by atoms with E-state index < -0.39 is 0 Å². The third-order valence-electron chi connectivity index (χ3n) is 5.15. The number of anilines is 1. The largest absolute Gasteiger partial charge is 0.356 e. The average Bonchev–Trinajstić information content (AvgIpc) is 3.21. The second-order valence-corrected chi connectivity index (χ2v) is 7.18. The van der Waals surface area contributed by atoms with E-state index in [0.717, 1.165) is 37.7 Å². The summed E-state index contributed by atoms with van der Waals surface area (Å²) in [6.07, 6.45) is 6.34. The van der Waals surface area contributed by atoms with Crippen molar-refractivity contribution < 1.29 is 4.79 Å². The molecule has 7 heteroatoms. The fourth-order valence-electron chi connectivity index (χ4n) is 3.77. The van der Waals surface area contributed by atoms with Crippen molar-refractivity contribution in [2.75, 3.05) is 31.1 Å². The van der Waals surface area contributed by atoms with Gasteiger partial charge in [0, 0.05) is 62.2 Å². The first-order chi connectivity index (χ1) is 12.1. The van der Waals surface area contributed by atoms with Crippen molar-refractivity contribution in [1.82, 2.24) is 24.8 Å². The normalized spacial score (nSPS) is 22.5. The summed E-state index contributed by atoms with van der Waals surface area (Å²) >= 11 is 0. The Balaban J connectivity index is 1.42. The van der Waals surface area contributed by atoms with Gasteiger partial charge < -0.3 is 9.80 Å². The predicted molar refractivity (Wildman–Crippen MR) is 93.2 cm³/mol. The molecule has 2 aliphatic rings. The van der Waals surface area contributed by atoms with Crippen LogP contribution in [0.5, 0.6) is 0 Å². The molecule has 0 radical (unpaired) electrons. The van der Waals surface area contributed by atoms with Gasteiger partial charge in [-0.25, -0.2) is 15.0 Å². The van der Waals surface area contributed by atoms with E-state index in [-0.39, 0.29) is 5.91 Å². The van der Waals surface area contributed by atoms with Crippen molar-refractivity contribution >= 4 is 11.7 Å². The molecule has 2 aliphatic heterocycles. The summed E-state index contributed by atoms with van der Waals surface area (Å²) in [5.41, 5.74) is 1.50. The van der Waals surface area contributed by atoms with Crippen LogP contribution in [0.4, 0.5) is 5.82 Å². The van der Waals surface area contributed by atoms with Gasteiger partial charge in [-0.05, 0) is 5.92 Å². The first-order valence-corrected chi connectivity index (χ1v) is 8.74. The highest BCUT2D eigenvalue weighted by Crippen LogP contribution is 2.34. The van der Waals surface area contributed by atoms with Gasteiger partial charge >= 0.3 is 0 Å². The average molecular weight is 338 g/mol. The molecule has 0 aromatic carbocycles. The first-order valence-electron chi connectivity index (χ1n) is 8.74. The maximum Gasteiger partial charge on any atom is 0.274 e. The van der Waals surface area contributed by atoms with Crippen LogP contribution in [0.15, 0.2) is 31.0 Å². The summed E-state index contributed by atoms with van der Waals surface area (Å²) in [7, 11) is 0. The lowest BCUT2D eigenvalue weighted by molar-refractivity contribution is 0.0776. The van der Waals surface area contributed by atoms with Crippen molar-refractivity contribution in [2.24, 2.45) is 11.8 Å². The van der Waals surface area contributed by atoms with E-state index >= 15 is 0 Å².